The molecule has 5 aromatic carbocycles. The van der Waals surface area contributed by atoms with Gasteiger partial charge in [-0.3, -0.25) is 33.4 Å². The molecule has 0 saturated heterocycles. The molecule has 0 fully saturated rings. The Bertz CT molecular complexity index is 6390. The Morgan fingerprint density at radius 2 is 0.778 bits per heavy atom. The summed E-state index contributed by atoms with van der Waals surface area (Å²) in [5, 5.41) is 36.5. The van der Waals surface area contributed by atoms with Gasteiger partial charge in [-0.2, -0.15) is 30.6 Å². The molecular weight excluding hydrogens is 1460 g/mol. The minimum Gasteiger partial charge on any atom is -0.345 e. The number of carbonyl (C=O) groups excluding carboxylic acids is 3. The Labute approximate surface area is 673 Å². The summed E-state index contributed by atoms with van der Waals surface area (Å²) in [7, 11) is 5.59. The van der Waals surface area contributed by atoms with E-state index in [1.165, 1.54) is 0 Å². The fraction of sp³-hybridized carbons (Fsp3) is 0.128. The third-order valence-corrected chi connectivity index (χ3v) is 19.8. The van der Waals surface area contributed by atoms with Crippen molar-refractivity contribution in [1.29, 1.82) is 0 Å². The number of benzene rings is 5. The van der Waals surface area contributed by atoms with E-state index in [-0.39, 0.29) is 29.8 Å². The first-order chi connectivity index (χ1) is 56.9. The maximum absolute atomic E-state index is 13.5. The van der Waals surface area contributed by atoms with Crippen LogP contribution in [-0.4, -0.2) is 101 Å². The molecule has 13 heterocycles. The van der Waals surface area contributed by atoms with Crippen LogP contribution in [0.2, 0.25) is 0 Å². The van der Waals surface area contributed by atoms with Crippen LogP contribution >= 0.6 is 0 Å². The number of aryl methyl sites for hydroxylation is 6. The van der Waals surface area contributed by atoms with Crippen molar-refractivity contribution < 1.29 is 14.4 Å². The van der Waals surface area contributed by atoms with Gasteiger partial charge in [-0.05, 0) is 126 Å². The quantitative estimate of drug-likeness (QED) is 0.0962. The average Bonchev–Trinajstić information content (AvgIpc) is 1.78. The number of para-hydroxylation sites is 1. The van der Waals surface area contributed by atoms with Crippen LogP contribution in [0, 0.1) is 56.3 Å². The Kier molecular flexibility index (Phi) is 21.1. The number of nitrogens with zero attached hydrogens (tertiary/aromatic N) is 17. The van der Waals surface area contributed by atoms with Gasteiger partial charge >= 0.3 is 0 Å². The summed E-state index contributed by atoms with van der Waals surface area (Å²) in [5.41, 5.74) is 22.1. The Morgan fingerprint density at radius 1 is 0.376 bits per heavy atom. The first-order valence-electron chi connectivity index (χ1n) is 37.9. The van der Waals surface area contributed by atoms with Crippen molar-refractivity contribution in [2.75, 3.05) is 0 Å². The predicted molar refractivity (Wildman–Crippen MR) is 452 cm³/mol. The van der Waals surface area contributed by atoms with Crippen LogP contribution in [0.15, 0.2) is 262 Å². The van der Waals surface area contributed by atoms with Gasteiger partial charge in [0.2, 0.25) is 0 Å². The lowest BCUT2D eigenvalue weighted by atomic mass is 9.96. The van der Waals surface area contributed by atoms with Crippen LogP contribution in [0.25, 0.3) is 83.2 Å². The molecular formula is C94H76N20O3. The highest BCUT2D eigenvalue weighted by Crippen LogP contribution is 2.35. The summed E-state index contributed by atoms with van der Waals surface area (Å²) in [6, 6.07) is 63.5. The van der Waals surface area contributed by atoms with E-state index in [1.807, 2.05) is 282 Å². The number of fused-ring (bicyclic) bond motifs is 6. The number of hydrogen-bond donors (Lipinski definition) is 3. The molecule has 0 saturated carbocycles. The molecule has 18 rings (SSSR count). The number of nitrogens with one attached hydrogen (secondary N) is 3. The summed E-state index contributed by atoms with van der Waals surface area (Å²) in [5.74, 6) is 18.7. The molecule has 570 valence electrons. The van der Waals surface area contributed by atoms with Crippen LogP contribution in [0.4, 0.5) is 0 Å². The zero-order valence-corrected chi connectivity index (χ0v) is 65.4. The Balaban J connectivity index is 0.000000131. The first-order valence-corrected chi connectivity index (χ1v) is 37.9. The van der Waals surface area contributed by atoms with Crippen molar-refractivity contribution in [2.24, 2.45) is 21.1 Å². The molecule has 0 bridgehead atoms. The maximum atomic E-state index is 13.5. The molecule has 0 spiro atoms. The molecule has 0 aliphatic rings. The van der Waals surface area contributed by atoms with Gasteiger partial charge in [-0.1, -0.05) is 157 Å². The van der Waals surface area contributed by atoms with E-state index < -0.39 is 6.04 Å². The third-order valence-electron chi connectivity index (χ3n) is 19.8. The van der Waals surface area contributed by atoms with Crippen molar-refractivity contribution >= 4 is 67.2 Å². The molecule has 117 heavy (non-hydrogen) atoms. The number of aromatic nitrogens is 17. The van der Waals surface area contributed by atoms with Crippen molar-refractivity contribution in [3.05, 3.63) is 346 Å². The summed E-state index contributed by atoms with van der Waals surface area (Å²) in [6.45, 7) is 11.4. The van der Waals surface area contributed by atoms with Crippen molar-refractivity contribution in [2.45, 2.75) is 59.7 Å². The summed E-state index contributed by atoms with van der Waals surface area (Å²) in [4.78, 5) is 65.3. The van der Waals surface area contributed by atoms with Crippen molar-refractivity contribution in [3.63, 3.8) is 0 Å². The molecule has 3 amide bonds. The first kappa shape index (κ1) is 75.2. The average molecular weight is 1530 g/mol. The zero-order valence-electron chi connectivity index (χ0n) is 65.4. The second-order valence-corrected chi connectivity index (χ2v) is 28.2. The van der Waals surface area contributed by atoms with Crippen molar-refractivity contribution in [1.82, 2.24) is 99.1 Å². The largest absolute Gasteiger partial charge is 0.345 e. The highest BCUT2D eigenvalue weighted by molar-refractivity contribution is 6.04. The summed E-state index contributed by atoms with van der Waals surface area (Å²) in [6.07, 6.45) is 18.1. The molecule has 0 unspecified atom stereocenters. The van der Waals surface area contributed by atoms with Gasteiger partial charge < -0.3 is 16.0 Å². The fourth-order valence-corrected chi connectivity index (χ4v) is 14.2. The number of amides is 3. The molecule has 23 heteroatoms. The van der Waals surface area contributed by atoms with E-state index >= 15 is 0 Å². The van der Waals surface area contributed by atoms with E-state index in [0.29, 0.717) is 67.2 Å². The second-order valence-electron chi connectivity index (χ2n) is 28.2. The van der Waals surface area contributed by atoms with Gasteiger partial charge in [0.25, 0.3) is 17.7 Å². The van der Waals surface area contributed by atoms with E-state index in [2.05, 4.69) is 105 Å². The maximum Gasteiger partial charge on any atom is 0.255 e. The van der Waals surface area contributed by atoms with Crippen LogP contribution in [0.1, 0.15) is 137 Å². The molecule has 23 nitrogen and oxygen atoms in total. The van der Waals surface area contributed by atoms with Gasteiger partial charge in [0.15, 0.2) is 0 Å². The molecule has 3 N–H and O–H groups in total. The monoisotopic (exact) mass is 1530 g/mol. The van der Waals surface area contributed by atoms with E-state index in [4.69, 9.17) is 19.9 Å². The number of pyridine rings is 6. The molecule has 0 aliphatic heterocycles. The standard InChI is InChI=1S/C32H26N6O.2C31H25N7O/c1-21-30(29-14-7-8-17-38(29)36-21)32(39)34-22(2)31-27(24-10-5-4-6-11-24)18-26-25(12-9-13-28(26)35-31)16-15-23-19-33-37(3)20-23;1-20-27(26-14-7-8-17-38(26)36-20)31(39)33-21(2)28-30(23-10-5-4-6-11-23)35-29-24(12-9-13-25(29)34-28)16-15-22-18-32-37(3)19-22;1-20(34-31(39)28-21(2)36-38-16-8-7-11-27(28)38)25-17-26-30(35-29(25)23-9-5-4-6-10-23)24(14-15-32-26)13-12-22-18-33-37(3)19-22/h4-14,17-20,22H,1-3H3,(H,34,39);4-14,17-19,21H,1-3H3,(H,33,39);4-11,14-20H,1-3H3,(H,34,39)/t22-;21-;20-/m000/s1. The van der Waals surface area contributed by atoms with Gasteiger partial charge in [0.1, 0.15) is 11.0 Å². The zero-order chi connectivity index (χ0) is 80.8. The smallest absolute Gasteiger partial charge is 0.255 e. The number of carbonyl (C=O) groups is 3. The van der Waals surface area contributed by atoms with Crippen molar-refractivity contribution in [3.8, 4) is 69.2 Å². The van der Waals surface area contributed by atoms with Crippen LogP contribution < -0.4 is 16.0 Å². The highest BCUT2D eigenvalue weighted by Gasteiger charge is 2.27. The molecule has 13 aromatic heterocycles. The minimum atomic E-state index is -0.423. The molecule has 3 atom stereocenters. The van der Waals surface area contributed by atoms with E-state index in [1.54, 1.807) is 52.4 Å². The van der Waals surface area contributed by atoms with Gasteiger partial charge in [0, 0.05) is 97.7 Å². The lowest BCUT2D eigenvalue weighted by Gasteiger charge is -2.19. The van der Waals surface area contributed by atoms with E-state index in [9.17, 15) is 14.4 Å². The van der Waals surface area contributed by atoms with Crippen LogP contribution in [0.3, 0.4) is 0 Å². The highest BCUT2D eigenvalue weighted by atomic mass is 16.2. The summed E-state index contributed by atoms with van der Waals surface area (Å²) < 4.78 is 10.3. The second kappa shape index (κ2) is 32.9. The van der Waals surface area contributed by atoms with E-state index in [0.717, 1.165) is 100 Å². The van der Waals surface area contributed by atoms with Gasteiger partial charge in [-0.25, -0.2) is 33.5 Å². The molecule has 0 aliphatic carbocycles. The molecule has 0 radical (unpaired) electrons. The summed E-state index contributed by atoms with van der Waals surface area (Å²) >= 11 is 0. The Hall–Kier alpha value is -15.8. The number of rotatable bonds is 12. The fourth-order valence-electron chi connectivity index (χ4n) is 14.2. The van der Waals surface area contributed by atoms with Gasteiger partial charge in [-0.15, -0.1) is 0 Å². The van der Waals surface area contributed by atoms with Crippen LogP contribution in [-0.2, 0) is 21.1 Å². The predicted octanol–water partition coefficient (Wildman–Crippen LogP) is 15.2. The van der Waals surface area contributed by atoms with Gasteiger partial charge in [0.05, 0.1) is 154 Å². The number of hydrogen-bond acceptors (Lipinski definition) is 14. The normalized spacial score (nSPS) is 11.8. The minimum absolute atomic E-state index is 0.182. The lowest BCUT2D eigenvalue weighted by molar-refractivity contribution is 0.0931. The topological polar surface area (TPSA) is 257 Å². The molecule has 18 aromatic rings. The van der Waals surface area contributed by atoms with Crippen LogP contribution in [0.5, 0.6) is 0 Å². The SMILES string of the molecule is Cc1nn2ccccc2c1C(=O)N[C@@H](C)c1cc2nccc(C#Cc3cnn(C)c3)c2nc1-c1ccccc1.Cc1nn2ccccc2c1C(=O)N[C@@H](C)c1nc2cccc(C#Cc3cnn(C)c3)c2cc1-c1ccccc1.Cc1nn2ccccc2c1C(=O)N[C@@H](C)c1nc2cccc(C#Cc3cnn(C)c3)c2nc1-c1ccccc1. The third kappa shape index (κ3) is 16.1. The Morgan fingerprint density at radius 3 is 1.26 bits per heavy atom. The lowest BCUT2D eigenvalue weighted by Crippen LogP contribution is -2.28.